The van der Waals surface area contributed by atoms with E-state index in [9.17, 15) is 13.6 Å². The van der Waals surface area contributed by atoms with Gasteiger partial charge < -0.3 is 0 Å². The molecule has 3 aromatic rings. The monoisotopic (exact) mass is 542 g/mol. The van der Waals surface area contributed by atoms with Gasteiger partial charge in [-0.3, -0.25) is 4.79 Å². The summed E-state index contributed by atoms with van der Waals surface area (Å²) in [6, 6.07) is 19.5. The van der Waals surface area contributed by atoms with E-state index >= 15 is 0 Å². The molecular weight excluding hydrogens is 526 g/mol. The van der Waals surface area contributed by atoms with E-state index < -0.39 is 0 Å². The number of hydrogen-bond acceptors (Lipinski definition) is 1. The van der Waals surface area contributed by atoms with Crippen molar-refractivity contribution in [2.24, 2.45) is 0 Å². The van der Waals surface area contributed by atoms with Crippen molar-refractivity contribution in [1.29, 1.82) is 0 Å². The van der Waals surface area contributed by atoms with Crippen LogP contribution in [0.3, 0.4) is 0 Å². The lowest BCUT2D eigenvalue weighted by atomic mass is 9.77. The molecule has 3 aromatic carbocycles. The molecule has 1 aliphatic carbocycles. The first-order valence-electron chi connectivity index (χ1n) is 9.81. The lowest BCUT2D eigenvalue weighted by Gasteiger charge is -2.26. The van der Waals surface area contributed by atoms with Crippen LogP contribution in [-0.4, -0.2) is 5.78 Å². The summed E-state index contributed by atoms with van der Waals surface area (Å²) in [7, 11) is 0. The zero-order valence-corrected chi connectivity index (χ0v) is 19.6. The van der Waals surface area contributed by atoms with Crippen molar-refractivity contribution < 1.29 is 13.6 Å². The Hall–Kier alpha value is -2.37. The molecule has 0 atom stereocenters. The summed E-state index contributed by atoms with van der Waals surface area (Å²) in [5.41, 5.74) is 4.02. The summed E-state index contributed by atoms with van der Waals surface area (Å²) >= 11 is 6.42. The first kappa shape index (κ1) is 21.8. The SMILES string of the molecule is O=C1/C(=C/c2ccc(F)c(Br)c2)CC(c2ccccc2)C/C1=C\c1ccc(F)c(Br)c1. The Bertz CT molecular complexity index is 1130. The summed E-state index contributed by atoms with van der Waals surface area (Å²) in [5.74, 6) is -0.583. The minimum atomic E-state index is -0.346. The molecule has 0 amide bonds. The van der Waals surface area contributed by atoms with Gasteiger partial charge in [0.15, 0.2) is 5.78 Å². The second kappa shape index (κ2) is 9.41. The Kier molecular flexibility index (Phi) is 6.63. The number of hydrogen-bond donors (Lipinski definition) is 0. The van der Waals surface area contributed by atoms with Gasteiger partial charge in [-0.2, -0.15) is 0 Å². The number of rotatable bonds is 3. The van der Waals surface area contributed by atoms with Crippen molar-refractivity contribution >= 4 is 49.8 Å². The minimum absolute atomic E-state index is 0.0342. The number of halogens is 4. The van der Waals surface area contributed by atoms with Gasteiger partial charge in [0.2, 0.25) is 0 Å². The molecule has 0 aliphatic heterocycles. The van der Waals surface area contributed by atoms with E-state index in [0.717, 1.165) is 16.7 Å². The fraction of sp³-hybridized carbons (Fsp3) is 0.115. The first-order valence-corrected chi connectivity index (χ1v) is 11.4. The fourth-order valence-corrected chi connectivity index (χ4v) is 4.60. The summed E-state index contributed by atoms with van der Waals surface area (Å²) in [5, 5.41) is 0. The smallest absolute Gasteiger partial charge is 0.185 e. The third-order valence-electron chi connectivity index (χ3n) is 5.36. The van der Waals surface area contributed by atoms with Gasteiger partial charge in [0, 0.05) is 11.1 Å². The quantitative estimate of drug-likeness (QED) is 0.305. The Balaban J connectivity index is 1.76. The minimum Gasteiger partial charge on any atom is -0.289 e. The number of carbonyl (C=O) groups is 1. The van der Waals surface area contributed by atoms with Gasteiger partial charge in [0.1, 0.15) is 11.6 Å². The lowest BCUT2D eigenvalue weighted by molar-refractivity contribution is -0.113. The van der Waals surface area contributed by atoms with Crippen molar-refractivity contribution in [1.82, 2.24) is 0 Å². The van der Waals surface area contributed by atoms with Crippen LogP contribution in [0.2, 0.25) is 0 Å². The van der Waals surface area contributed by atoms with Gasteiger partial charge in [-0.15, -0.1) is 0 Å². The number of carbonyl (C=O) groups excluding carboxylic acids is 1. The van der Waals surface area contributed by atoms with Crippen molar-refractivity contribution in [2.75, 3.05) is 0 Å². The van der Waals surface area contributed by atoms with Crippen LogP contribution in [0.25, 0.3) is 12.2 Å². The zero-order valence-electron chi connectivity index (χ0n) is 16.4. The van der Waals surface area contributed by atoms with Crippen molar-refractivity contribution in [3.05, 3.63) is 115 Å². The maximum atomic E-state index is 13.6. The van der Waals surface area contributed by atoms with Crippen LogP contribution in [-0.2, 0) is 4.79 Å². The van der Waals surface area contributed by atoms with Gasteiger partial charge in [-0.1, -0.05) is 42.5 Å². The second-order valence-electron chi connectivity index (χ2n) is 7.53. The van der Waals surface area contributed by atoms with Crippen LogP contribution >= 0.6 is 31.9 Å². The molecule has 0 saturated heterocycles. The molecular formula is C26H18Br2F2O. The topological polar surface area (TPSA) is 17.1 Å². The maximum Gasteiger partial charge on any atom is 0.185 e. The second-order valence-corrected chi connectivity index (χ2v) is 9.24. The first-order chi connectivity index (χ1) is 14.9. The highest BCUT2D eigenvalue weighted by Crippen LogP contribution is 2.39. The number of benzene rings is 3. The molecule has 1 fully saturated rings. The molecule has 31 heavy (non-hydrogen) atoms. The van der Waals surface area contributed by atoms with Crippen LogP contribution in [0.1, 0.15) is 35.4 Å². The lowest BCUT2D eigenvalue weighted by Crippen LogP contribution is -2.19. The molecule has 1 saturated carbocycles. The van der Waals surface area contributed by atoms with E-state index in [2.05, 4.69) is 44.0 Å². The van der Waals surface area contributed by atoms with Crippen LogP contribution in [0.15, 0.2) is 86.8 Å². The normalized spacial score (nSPS) is 19.2. The zero-order chi connectivity index (χ0) is 22.0. The molecule has 5 heteroatoms. The van der Waals surface area contributed by atoms with Crippen LogP contribution in [0.5, 0.6) is 0 Å². The molecule has 0 spiro atoms. The number of Topliss-reactive ketones (excluding diaryl/α,β-unsaturated/α-hetero) is 1. The predicted molar refractivity (Wildman–Crippen MR) is 128 cm³/mol. The van der Waals surface area contributed by atoms with E-state index in [4.69, 9.17) is 0 Å². The highest BCUT2D eigenvalue weighted by atomic mass is 79.9. The average molecular weight is 544 g/mol. The molecule has 4 rings (SSSR count). The summed E-state index contributed by atoms with van der Waals surface area (Å²) < 4.78 is 28.0. The van der Waals surface area contributed by atoms with E-state index in [-0.39, 0.29) is 23.3 Å². The fourth-order valence-electron chi connectivity index (χ4n) is 3.81. The average Bonchev–Trinajstić information content (AvgIpc) is 2.76. The largest absolute Gasteiger partial charge is 0.289 e. The van der Waals surface area contributed by atoms with E-state index in [1.165, 1.54) is 12.1 Å². The summed E-state index contributed by atoms with van der Waals surface area (Å²) in [6.07, 6.45) is 4.86. The van der Waals surface area contributed by atoms with E-state index in [1.807, 2.05) is 30.4 Å². The Morgan fingerprint density at radius 2 is 1.23 bits per heavy atom. The van der Waals surface area contributed by atoms with Gasteiger partial charge in [0.05, 0.1) is 8.95 Å². The van der Waals surface area contributed by atoms with Crippen LogP contribution in [0, 0.1) is 11.6 Å². The van der Waals surface area contributed by atoms with Crippen molar-refractivity contribution in [3.8, 4) is 0 Å². The van der Waals surface area contributed by atoms with Gasteiger partial charge in [-0.25, -0.2) is 8.78 Å². The van der Waals surface area contributed by atoms with Gasteiger partial charge in [0.25, 0.3) is 0 Å². The van der Waals surface area contributed by atoms with Crippen LogP contribution < -0.4 is 0 Å². The van der Waals surface area contributed by atoms with Crippen molar-refractivity contribution in [2.45, 2.75) is 18.8 Å². The Morgan fingerprint density at radius 1 is 0.742 bits per heavy atom. The Labute approximate surface area is 196 Å². The molecule has 0 radical (unpaired) electrons. The highest BCUT2D eigenvalue weighted by Gasteiger charge is 2.28. The number of ketones is 1. The third-order valence-corrected chi connectivity index (χ3v) is 6.57. The van der Waals surface area contributed by atoms with Crippen molar-refractivity contribution in [3.63, 3.8) is 0 Å². The Morgan fingerprint density at radius 3 is 1.68 bits per heavy atom. The predicted octanol–water partition coefficient (Wildman–Crippen LogP) is 8.10. The maximum absolute atomic E-state index is 13.6. The van der Waals surface area contributed by atoms with Gasteiger partial charge >= 0.3 is 0 Å². The molecule has 1 nitrogen and oxygen atoms in total. The highest BCUT2D eigenvalue weighted by molar-refractivity contribution is 9.10. The molecule has 0 aromatic heterocycles. The molecule has 156 valence electrons. The standard InChI is InChI=1S/C26H18Br2F2O/c27-22-12-16(6-8-24(22)29)10-20-14-19(18-4-2-1-3-5-18)15-21(26(20)31)11-17-7-9-25(30)23(28)13-17/h1-13,19H,14-15H2/b20-10+,21-11+. The van der Waals surface area contributed by atoms with E-state index in [0.29, 0.717) is 32.9 Å². The van der Waals surface area contributed by atoms with E-state index in [1.54, 1.807) is 24.3 Å². The number of allylic oxidation sites excluding steroid dienone is 2. The molecule has 1 aliphatic rings. The van der Waals surface area contributed by atoms with Crippen LogP contribution in [0.4, 0.5) is 8.78 Å². The molecule has 0 heterocycles. The third kappa shape index (κ3) is 5.10. The molecule has 0 unspecified atom stereocenters. The summed E-state index contributed by atoms with van der Waals surface area (Å²) in [6.45, 7) is 0. The van der Waals surface area contributed by atoms with Gasteiger partial charge in [-0.05, 0) is 104 Å². The molecule has 0 bridgehead atoms. The summed E-state index contributed by atoms with van der Waals surface area (Å²) in [4.78, 5) is 13.3. The molecule has 0 N–H and O–H groups in total.